The Bertz CT molecular complexity index is 1290. The van der Waals surface area contributed by atoms with Crippen LogP contribution in [0.25, 0.3) is 11.8 Å². The Morgan fingerprint density at radius 3 is 2.41 bits per heavy atom. The maximum atomic E-state index is 12.9. The summed E-state index contributed by atoms with van der Waals surface area (Å²) in [5.74, 6) is 0.00854. The van der Waals surface area contributed by atoms with Crippen molar-refractivity contribution in [3.8, 4) is 17.5 Å². The number of hydrogen-bond donors (Lipinski definition) is 2. The summed E-state index contributed by atoms with van der Waals surface area (Å²) in [7, 11) is 1.62. The summed E-state index contributed by atoms with van der Waals surface area (Å²) in [6, 6.07) is 16.7. The maximum absolute atomic E-state index is 12.9. The molecule has 34 heavy (non-hydrogen) atoms. The van der Waals surface area contributed by atoms with Crippen LogP contribution in [0.15, 0.2) is 54.1 Å². The van der Waals surface area contributed by atoms with Crippen molar-refractivity contribution in [3.63, 3.8) is 0 Å². The topological polar surface area (TPSA) is 96.2 Å². The van der Waals surface area contributed by atoms with Crippen molar-refractivity contribution in [1.82, 2.24) is 9.88 Å². The van der Waals surface area contributed by atoms with Gasteiger partial charge in [0.25, 0.3) is 11.8 Å². The van der Waals surface area contributed by atoms with E-state index in [1.165, 1.54) is 0 Å². The molecule has 0 aliphatic heterocycles. The maximum Gasteiger partial charge on any atom is 0.266 e. The number of carbonyl (C=O) groups excluding carboxylic acids is 2. The van der Waals surface area contributed by atoms with Crippen LogP contribution in [0.3, 0.4) is 0 Å². The van der Waals surface area contributed by atoms with Gasteiger partial charge in [-0.1, -0.05) is 6.07 Å². The average molecular weight is 457 g/mol. The van der Waals surface area contributed by atoms with Crippen LogP contribution in [0.2, 0.25) is 0 Å². The van der Waals surface area contributed by atoms with Gasteiger partial charge in [-0.15, -0.1) is 0 Å². The van der Waals surface area contributed by atoms with E-state index in [0.717, 1.165) is 34.0 Å². The van der Waals surface area contributed by atoms with E-state index in [1.54, 1.807) is 31.4 Å². The van der Waals surface area contributed by atoms with Crippen molar-refractivity contribution >= 4 is 23.6 Å². The van der Waals surface area contributed by atoms with Gasteiger partial charge < -0.3 is 19.9 Å². The van der Waals surface area contributed by atoms with Crippen LogP contribution < -0.4 is 15.4 Å². The molecular formula is C27H28N4O3. The molecule has 2 amide bonds. The third kappa shape index (κ3) is 5.18. The van der Waals surface area contributed by atoms with Crippen LogP contribution in [-0.2, 0) is 4.79 Å². The number of methoxy groups -OCH3 is 1. The van der Waals surface area contributed by atoms with E-state index in [0.29, 0.717) is 17.8 Å². The van der Waals surface area contributed by atoms with Gasteiger partial charge in [-0.3, -0.25) is 9.59 Å². The Morgan fingerprint density at radius 1 is 1.09 bits per heavy atom. The molecule has 2 N–H and O–H groups in total. The summed E-state index contributed by atoms with van der Waals surface area (Å²) in [5.41, 5.74) is 5.28. The minimum absolute atomic E-state index is 0.0298. The predicted octanol–water partition coefficient (Wildman–Crippen LogP) is 4.71. The normalized spacial score (nSPS) is 11.0. The molecule has 3 rings (SSSR count). The highest BCUT2D eigenvalue weighted by Gasteiger charge is 2.16. The average Bonchev–Trinajstić information content (AvgIpc) is 3.11. The van der Waals surface area contributed by atoms with Gasteiger partial charge in [0.05, 0.1) is 7.11 Å². The summed E-state index contributed by atoms with van der Waals surface area (Å²) in [6.45, 7) is 8.08. The smallest absolute Gasteiger partial charge is 0.266 e. The lowest BCUT2D eigenvalue weighted by atomic mass is 10.1. The number of ether oxygens (including phenoxy) is 1. The molecule has 7 nitrogen and oxygen atoms in total. The first-order chi connectivity index (χ1) is 16.3. The van der Waals surface area contributed by atoms with Crippen LogP contribution in [0.5, 0.6) is 5.75 Å². The number of aromatic nitrogens is 1. The number of anilines is 1. The van der Waals surface area contributed by atoms with Gasteiger partial charge in [-0.2, -0.15) is 5.26 Å². The van der Waals surface area contributed by atoms with Gasteiger partial charge in [-0.05, 0) is 87.4 Å². The first-order valence-corrected chi connectivity index (χ1v) is 10.9. The molecule has 0 saturated carbocycles. The lowest BCUT2D eigenvalue weighted by Crippen LogP contribution is -2.23. The highest BCUT2D eigenvalue weighted by Crippen LogP contribution is 2.25. The van der Waals surface area contributed by atoms with Crippen LogP contribution in [0, 0.1) is 32.1 Å². The fraction of sp³-hybridized carbons (Fsp3) is 0.222. The molecule has 0 bridgehead atoms. The molecule has 0 spiro atoms. The number of rotatable bonds is 7. The minimum Gasteiger partial charge on any atom is -0.497 e. The van der Waals surface area contributed by atoms with E-state index in [-0.39, 0.29) is 11.5 Å². The first kappa shape index (κ1) is 24.3. The minimum atomic E-state index is -0.534. The van der Waals surface area contributed by atoms with Crippen molar-refractivity contribution in [1.29, 1.82) is 5.26 Å². The van der Waals surface area contributed by atoms with Gasteiger partial charge in [-0.25, -0.2) is 0 Å². The number of carbonyl (C=O) groups is 2. The predicted molar refractivity (Wildman–Crippen MR) is 133 cm³/mol. The molecule has 3 aromatic rings. The molecule has 1 heterocycles. The Labute approximate surface area is 199 Å². The van der Waals surface area contributed by atoms with Crippen molar-refractivity contribution in [2.75, 3.05) is 19.0 Å². The third-order valence-electron chi connectivity index (χ3n) is 5.55. The van der Waals surface area contributed by atoms with E-state index < -0.39 is 5.91 Å². The Hall–Kier alpha value is -4.31. The number of benzene rings is 2. The molecule has 0 saturated heterocycles. The number of nitriles is 1. The summed E-state index contributed by atoms with van der Waals surface area (Å²) in [5, 5.41) is 15.2. The standard InChI is InChI=1S/C27H28N4O3/c1-6-29-26(32)20-8-7-17(2)25(15-20)30-27(33)22(16-28)14-21-13-18(3)31(19(21)4)23-9-11-24(34-5)12-10-23/h7-15H,6H2,1-5H3,(H,29,32)(H,30,33). The van der Waals surface area contributed by atoms with Crippen molar-refractivity contribution in [2.45, 2.75) is 27.7 Å². The molecule has 2 aromatic carbocycles. The first-order valence-electron chi connectivity index (χ1n) is 10.9. The summed E-state index contributed by atoms with van der Waals surface area (Å²) >= 11 is 0. The molecule has 0 fully saturated rings. The van der Waals surface area contributed by atoms with Gasteiger partial charge in [0, 0.05) is 34.9 Å². The van der Waals surface area contributed by atoms with Crippen LogP contribution >= 0.6 is 0 Å². The van der Waals surface area contributed by atoms with E-state index >= 15 is 0 Å². The zero-order valence-corrected chi connectivity index (χ0v) is 20.0. The van der Waals surface area contributed by atoms with Crippen LogP contribution in [-0.4, -0.2) is 30.0 Å². The summed E-state index contributed by atoms with van der Waals surface area (Å²) < 4.78 is 7.29. The molecule has 0 radical (unpaired) electrons. The Balaban J connectivity index is 1.90. The Kier molecular flexibility index (Phi) is 7.54. The number of aryl methyl sites for hydroxylation is 2. The van der Waals surface area contributed by atoms with Crippen LogP contribution in [0.4, 0.5) is 5.69 Å². The molecule has 0 aliphatic carbocycles. The summed E-state index contributed by atoms with van der Waals surface area (Å²) in [6.07, 6.45) is 1.58. The van der Waals surface area contributed by atoms with Crippen molar-refractivity contribution in [2.24, 2.45) is 0 Å². The second-order valence-corrected chi connectivity index (χ2v) is 7.87. The van der Waals surface area contributed by atoms with Gasteiger partial charge in [0.15, 0.2) is 0 Å². The fourth-order valence-corrected chi connectivity index (χ4v) is 3.72. The summed E-state index contributed by atoms with van der Waals surface area (Å²) in [4.78, 5) is 25.1. The van der Waals surface area contributed by atoms with Crippen molar-refractivity contribution in [3.05, 3.63) is 82.2 Å². The van der Waals surface area contributed by atoms with E-state index in [2.05, 4.69) is 15.2 Å². The van der Waals surface area contributed by atoms with E-state index in [9.17, 15) is 14.9 Å². The number of hydrogen-bond acceptors (Lipinski definition) is 4. The second-order valence-electron chi connectivity index (χ2n) is 7.87. The van der Waals surface area contributed by atoms with Crippen molar-refractivity contribution < 1.29 is 14.3 Å². The third-order valence-corrected chi connectivity index (χ3v) is 5.55. The fourth-order valence-electron chi connectivity index (χ4n) is 3.72. The van der Waals surface area contributed by atoms with Gasteiger partial charge in [0.1, 0.15) is 17.4 Å². The number of nitrogens with one attached hydrogen (secondary N) is 2. The number of nitrogens with zero attached hydrogens (tertiary/aromatic N) is 2. The van der Waals surface area contributed by atoms with E-state index in [4.69, 9.17) is 4.74 Å². The molecule has 7 heteroatoms. The molecule has 174 valence electrons. The largest absolute Gasteiger partial charge is 0.497 e. The molecule has 0 unspecified atom stereocenters. The molecule has 0 atom stereocenters. The van der Waals surface area contributed by atoms with Crippen LogP contribution in [0.1, 0.15) is 39.8 Å². The highest BCUT2D eigenvalue weighted by molar-refractivity contribution is 6.10. The molecule has 0 aliphatic rings. The van der Waals surface area contributed by atoms with E-state index in [1.807, 2.05) is 64.1 Å². The SMILES string of the molecule is CCNC(=O)c1ccc(C)c(NC(=O)C(C#N)=Cc2cc(C)n(-c3ccc(OC)cc3)c2C)c1. The van der Waals surface area contributed by atoms with Gasteiger partial charge >= 0.3 is 0 Å². The molecular weight excluding hydrogens is 428 g/mol. The zero-order chi connectivity index (χ0) is 24.8. The second kappa shape index (κ2) is 10.5. The molecule has 1 aromatic heterocycles. The zero-order valence-electron chi connectivity index (χ0n) is 20.0. The quantitative estimate of drug-likeness (QED) is 0.398. The lowest BCUT2D eigenvalue weighted by Gasteiger charge is -2.11. The monoisotopic (exact) mass is 456 g/mol. The van der Waals surface area contributed by atoms with Gasteiger partial charge in [0.2, 0.25) is 0 Å². The Morgan fingerprint density at radius 2 is 1.79 bits per heavy atom. The number of amides is 2. The highest BCUT2D eigenvalue weighted by atomic mass is 16.5. The lowest BCUT2D eigenvalue weighted by molar-refractivity contribution is -0.112.